The van der Waals surface area contributed by atoms with Crippen LogP contribution in [0.5, 0.6) is 0 Å². The molecule has 2 aromatic carbocycles. The normalized spacial score (nSPS) is 10.6. The Morgan fingerprint density at radius 3 is 2.41 bits per heavy atom. The highest BCUT2D eigenvalue weighted by Gasteiger charge is 2.17. The highest BCUT2D eigenvalue weighted by atomic mass is 16.5. The largest absolute Gasteiger partial charge is 0.465 e. The van der Waals surface area contributed by atoms with Gasteiger partial charge >= 0.3 is 11.9 Å². The number of nitrogens with zero attached hydrogens (tertiary/aromatic N) is 1. The molecule has 1 amide bonds. The van der Waals surface area contributed by atoms with Crippen molar-refractivity contribution in [3.05, 3.63) is 65.4 Å². The molecule has 0 aliphatic heterocycles. The number of rotatable bonds is 6. The Balaban J connectivity index is 1.64. The minimum absolute atomic E-state index is 0.131. The molecule has 0 unspecified atom stereocenters. The molecule has 1 N–H and O–H groups in total. The van der Waals surface area contributed by atoms with Gasteiger partial charge in [-0.3, -0.25) is 9.59 Å². The molecule has 0 saturated carbocycles. The number of ether oxygens (including phenoxy) is 2. The molecule has 1 heterocycles. The number of hydrogen-bond donors (Lipinski definition) is 1. The van der Waals surface area contributed by atoms with Gasteiger partial charge < -0.3 is 19.4 Å². The number of hydrogen-bond acceptors (Lipinski definition) is 5. The van der Waals surface area contributed by atoms with Crippen LogP contribution in [-0.4, -0.2) is 36.1 Å². The van der Waals surface area contributed by atoms with E-state index < -0.39 is 24.5 Å². The monoisotopic (exact) mass is 394 g/mol. The average molecular weight is 394 g/mol. The summed E-state index contributed by atoms with van der Waals surface area (Å²) >= 11 is 0. The molecule has 29 heavy (non-hydrogen) atoms. The van der Waals surface area contributed by atoms with Gasteiger partial charge in [0.05, 0.1) is 12.7 Å². The van der Waals surface area contributed by atoms with Gasteiger partial charge in [0.2, 0.25) is 0 Å². The Morgan fingerprint density at radius 1 is 1.03 bits per heavy atom. The molecular formula is C22H22N2O5. The molecule has 150 valence electrons. The van der Waals surface area contributed by atoms with E-state index in [1.165, 1.54) is 7.11 Å². The molecule has 0 fully saturated rings. The molecule has 1 aromatic heterocycles. The molecule has 0 saturated heterocycles. The van der Waals surface area contributed by atoms with Crippen molar-refractivity contribution in [1.29, 1.82) is 0 Å². The summed E-state index contributed by atoms with van der Waals surface area (Å²) in [7, 11) is 1.30. The fraction of sp³-hybridized carbons (Fsp3) is 0.227. The Bertz CT molecular complexity index is 1060. The predicted molar refractivity (Wildman–Crippen MR) is 109 cm³/mol. The SMILES string of the molecule is COC(=O)c1cn(CC(=O)OCC(=O)Nc2cc(C)cc(C)c2)c2ccccc12. The number of nitrogens with one attached hydrogen (secondary N) is 1. The lowest BCUT2D eigenvalue weighted by molar-refractivity contribution is -0.147. The summed E-state index contributed by atoms with van der Waals surface area (Å²) in [5.41, 5.74) is 3.77. The van der Waals surface area contributed by atoms with Crippen LogP contribution < -0.4 is 5.32 Å². The number of carbonyl (C=O) groups is 3. The highest BCUT2D eigenvalue weighted by molar-refractivity contribution is 6.04. The van der Waals surface area contributed by atoms with Crippen molar-refractivity contribution >= 4 is 34.4 Å². The van der Waals surface area contributed by atoms with Crippen LogP contribution in [0.2, 0.25) is 0 Å². The number of para-hydroxylation sites is 1. The number of fused-ring (bicyclic) bond motifs is 1. The summed E-state index contributed by atoms with van der Waals surface area (Å²) in [4.78, 5) is 36.3. The topological polar surface area (TPSA) is 86.6 Å². The van der Waals surface area contributed by atoms with Gasteiger partial charge in [0.25, 0.3) is 5.91 Å². The Hall–Kier alpha value is -3.61. The molecule has 7 nitrogen and oxygen atoms in total. The molecule has 0 radical (unpaired) electrons. The lowest BCUT2D eigenvalue weighted by Gasteiger charge is -2.09. The fourth-order valence-electron chi connectivity index (χ4n) is 3.22. The Kier molecular flexibility index (Phi) is 5.97. The zero-order valence-corrected chi connectivity index (χ0v) is 16.5. The van der Waals surface area contributed by atoms with Crippen LogP contribution in [0.1, 0.15) is 21.5 Å². The van der Waals surface area contributed by atoms with Gasteiger partial charge in [-0.1, -0.05) is 24.3 Å². The van der Waals surface area contributed by atoms with E-state index in [1.54, 1.807) is 29.0 Å². The third kappa shape index (κ3) is 4.82. The van der Waals surface area contributed by atoms with Gasteiger partial charge in [-0.2, -0.15) is 0 Å². The maximum Gasteiger partial charge on any atom is 0.340 e. The van der Waals surface area contributed by atoms with Crippen molar-refractivity contribution < 1.29 is 23.9 Å². The summed E-state index contributed by atoms with van der Waals surface area (Å²) in [5.74, 6) is -1.49. The van der Waals surface area contributed by atoms with Crippen molar-refractivity contribution in [2.45, 2.75) is 20.4 Å². The first-order valence-corrected chi connectivity index (χ1v) is 9.07. The van der Waals surface area contributed by atoms with Crippen molar-refractivity contribution in [2.24, 2.45) is 0 Å². The summed E-state index contributed by atoms with van der Waals surface area (Å²) < 4.78 is 11.5. The van der Waals surface area contributed by atoms with E-state index in [9.17, 15) is 14.4 Å². The van der Waals surface area contributed by atoms with E-state index in [4.69, 9.17) is 9.47 Å². The van der Waals surface area contributed by atoms with E-state index in [2.05, 4.69) is 5.32 Å². The Morgan fingerprint density at radius 2 is 1.72 bits per heavy atom. The van der Waals surface area contributed by atoms with E-state index in [0.29, 0.717) is 22.2 Å². The summed E-state index contributed by atoms with van der Waals surface area (Å²) in [5, 5.41) is 3.40. The number of esters is 2. The average Bonchev–Trinajstić information content (AvgIpc) is 3.03. The lowest BCUT2D eigenvalue weighted by atomic mass is 10.1. The second kappa shape index (κ2) is 8.60. The number of benzene rings is 2. The number of amides is 1. The first-order chi connectivity index (χ1) is 13.9. The minimum atomic E-state index is -0.585. The van der Waals surface area contributed by atoms with E-state index in [1.807, 2.05) is 38.1 Å². The van der Waals surface area contributed by atoms with Crippen LogP contribution in [0.3, 0.4) is 0 Å². The van der Waals surface area contributed by atoms with Crippen LogP contribution in [0.25, 0.3) is 10.9 Å². The summed E-state index contributed by atoms with van der Waals surface area (Å²) in [6.07, 6.45) is 1.55. The van der Waals surface area contributed by atoms with E-state index in [0.717, 1.165) is 11.1 Å². The predicted octanol–water partition coefficient (Wildman–Crippen LogP) is 3.23. The number of aryl methyl sites for hydroxylation is 2. The lowest BCUT2D eigenvalue weighted by Crippen LogP contribution is -2.23. The molecule has 3 rings (SSSR count). The van der Waals surface area contributed by atoms with Gasteiger partial charge in [-0.15, -0.1) is 0 Å². The van der Waals surface area contributed by atoms with Gasteiger partial charge in [-0.25, -0.2) is 4.79 Å². The van der Waals surface area contributed by atoms with Crippen LogP contribution >= 0.6 is 0 Å². The Labute approximate surface area is 168 Å². The van der Waals surface area contributed by atoms with Crippen LogP contribution in [0.15, 0.2) is 48.7 Å². The number of carbonyl (C=O) groups excluding carboxylic acids is 3. The maximum atomic E-state index is 12.2. The first-order valence-electron chi connectivity index (χ1n) is 9.07. The number of anilines is 1. The van der Waals surface area contributed by atoms with Gasteiger partial charge in [-0.05, 0) is 43.2 Å². The third-order valence-corrected chi connectivity index (χ3v) is 4.36. The van der Waals surface area contributed by atoms with Crippen molar-refractivity contribution in [1.82, 2.24) is 4.57 Å². The van der Waals surface area contributed by atoms with Crippen molar-refractivity contribution in [3.8, 4) is 0 Å². The minimum Gasteiger partial charge on any atom is -0.465 e. The van der Waals surface area contributed by atoms with Crippen LogP contribution in [0, 0.1) is 13.8 Å². The van der Waals surface area contributed by atoms with Crippen molar-refractivity contribution in [3.63, 3.8) is 0 Å². The van der Waals surface area contributed by atoms with Gasteiger partial charge in [0, 0.05) is 22.8 Å². The fourth-order valence-corrected chi connectivity index (χ4v) is 3.22. The quantitative estimate of drug-likeness (QED) is 0.649. The van der Waals surface area contributed by atoms with Gasteiger partial charge in [0.1, 0.15) is 6.54 Å². The zero-order valence-electron chi connectivity index (χ0n) is 16.5. The second-order valence-electron chi connectivity index (χ2n) is 6.76. The molecule has 0 aliphatic rings. The molecule has 0 aliphatic carbocycles. The second-order valence-corrected chi connectivity index (χ2v) is 6.76. The van der Waals surface area contributed by atoms with Crippen LogP contribution in [-0.2, 0) is 25.6 Å². The van der Waals surface area contributed by atoms with E-state index in [-0.39, 0.29) is 6.54 Å². The van der Waals surface area contributed by atoms with Gasteiger partial charge in [0.15, 0.2) is 6.61 Å². The highest BCUT2D eigenvalue weighted by Crippen LogP contribution is 2.22. The molecule has 0 spiro atoms. The molecule has 7 heteroatoms. The number of methoxy groups -OCH3 is 1. The summed E-state index contributed by atoms with van der Waals surface area (Å²) in [6, 6.07) is 12.9. The van der Waals surface area contributed by atoms with E-state index >= 15 is 0 Å². The maximum absolute atomic E-state index is 12.2. The smallest absolute Gasteiger partial charge is 0.340 e. The first kappa shape index (κ1) is 20.1. The summed E-state index contributed by atoms with van der Waals surface area (Å²) in [6.45, 7) is 3.35. The molecule has 3 aromatic rings. The standard InChI is InChI=1S/C22H22N2O5/c1-14-8-15(2)10-16(9-14)23-20(25)13-29-21(26)12-24-11-18(22(27)28-3)17-6-4-5-7-19(17)24/h4-11H,12-13H2,1-3H3,(H,23,25). The third-order valence-electron chi connectivity index (χ3n) is 4.36. The van der Waals surface area contributed by atoms with Crippen molar-refractivity contribution in [2.75, 3.05) is 19.0 Å². The molecular weight excluding hydrogens is 372 g/mol. The zero-order chi connectivity index (χ0) is 21.0. The molecule has 0 bridgehead atoms. The van der Waals surface area contributed by atoms with Crippen LogP contribution in [0.4, 0.5) is 5.69 Å². The molecule has 0 atom stereocenters. The number of aromatic nitrogens is 1.